The van der Waals surface area contributed by atoms with Crippen molar-refractivity contribution in [2.45, 2.75) is 6.54 Å². The van der Waals surface area contributed by atoms with Crippen LogP contribution in [-0.4, -0.2) is 21.1 Å². The van der Waals surface area contributed by atoms with E-state index < -0.39 is 0 Å². The van der Waals surface area contributed by atoms with Crippen LogP contribution in [0.4, 0.5) is 0 Å². The molecule has 4 heteroatoms. The van der Waals surface area contributed by atoms with Gasteiger partial charge in [-0.3, -0.25) is 4.98 Å². The van der Waals surface area contributed by atoms with Crippen LogP contribution < -0.4 is 4.74 Å². The lowest BCUT2D eigenvalue weighted by Crippen LogP contribution is -2.06. The number of pyridine rings is 1. The minimum absolute atomic E-state index is 0.602. The monoisotopic (exact) mass is 315 g/mol. The first-order valence-electron chi connectivity index (χ1n) is 7.92. The van der Waals surface area contributed by atoms with Gasteiger partial charge in [-0.15, -0.1) is 0 Å². The van der Waals surface area contributed by atoms with Crippen LogP contribution in [-0.2, 0) is 6.54 Å². The highest BCUT2D eigenvalue weighted by atomic mass is 16.5. The van der Waals surface area contributed by atoms with Crippen LogP contribution in [0.1, 0.15) is 0 Å². The maximum absolute atomic E-state index is 5.87. The van der Waals surface area contributed by atoms with Crippen molar-refractivity contribution in [3.8, 4) is 17.0 Å². The summed E-state index contributed by atoms with van der Waals surface area (Å²) in [6, 6.07) is 18.4. The van der Waals surface area contributed by atoms with Gasteiger partial charge in [-0.25, -0.2) is 4.98 Å². The molecule has 0 spiro atoms. The largest absolute Gasteiger partial charge is 0.492 e. The molecule has 4 aromatic rings. The van der Waals surface area contributed by atoms with Crippen LogP contribution in [0.15, 0.2) is 79.5 Å². The highest BCUT2D eigenvalue weighted by Gasteiger charge is 2.02. The minimum Gasteiger partial charge on any atom is -0.492 e. The third-order valence-corrected chi connectivity index (χ3v) is 3.95. The lowest BCUT2D eigenvalue weighted by Gasteiger charge is -2.07. The Bertz CT molecular complexity index is 947. The van der Waals surface area contributed by atoms with Crippen molar-refractivity contribution in [2.75, 3.05) is 6.61 Å². The molecule has 0 aliphatic carbocycles. The highest BCUT2D eigenvalue weighted by molar-refractivity contribution is 5.83. The Morgan fingerprint density at radius 2 is 1.75 bits per heavy atom. The SMILES string of the molecule is c1ccc2cc(OCCn3cnc(-c4ccncc4)c3)ccc2c1. The van der Waals surface area contributed by atoms with Crippen molar-refractivity contribution in [3.05, 3.63) is 79.5 Å². The molecule has 2 heterocycles. The molecule has 4 rings (SSSR count). The van der Waals surface area contributed by atoms with E-state index in [2.05, 4.69) is 34.2 Å². The van der Waals surface area contributed by atoms with Crippen molar-refractivity contribution < 1.29 is 4.74 Å². The van der Waals surface area contributed by atoms with E-state index >= 15 is 0 Å². The fourth-order valence-electron chi connectivity index (χ4n) is 2.68. The third kappa shape index (κ3) is 3.13. The zero-order valence-electron chi connectivity index (χ0n) is 13.2. The summed E-state index contributed by atoms with van der Waals surface area (Å²) >= 11 is 0. The van der Waals surface area contributed by atoms with Crippen LogP contribution >= 0.6 is 0 Å². The number of imidazole rings is 1. The van der Waals surface area contributed by atoms with E-state index in [4.69, 9.17) is 4.74 Å². The molecular weight excluding hydrogens is 298 g/mol. The molecule has 2 aromatic heterocycles. The van der Waals surface area contributed by atoms with E-state index in [0.29, 0.717) is 6.61 Å². The second kappa shape index (κ2) is 6.54. The van der Waals surface area contributed by atoms with Crippen molar-refractivity contribution in [3.63, 3.8) is 0 Å². The smallest absolute Gasteiger partial charge is 0.120 e. The molecule has 0 radical (unpaired) electrons. The molecule has 0 unspecified atom stereocenters. The first-order chi connectivity index (χ1) is 11.9. The molecule has 0 amide bonds. The predicted molar refractivity (Wildman–Crippen MR) is 94.9 cm³/mol. The first-order valence-corrected chi connectivity index (χ1v) is 7.92. The number of ether oxygens (including phenoxy) is 1. The third-order valence-electron chi connectivity index (χ3n) is 3.95. The first kappa shape index (κ1) is 14.5. The van der Waals surface area contributed by atoms with Gasteiger partial charge in [-0.05, 0) is 35.0 Å². The van der Waals surface area contributed by atoms with Gasteiger partial charge in [0.15, 0.2) is 0 Å². The van der Waals surface area contributed by atoms with Gasteiger partial charge in [0.25, 0.3) is 0 Å². The topological polar surface area (TPSA) is 39.9 Å². The van der Waals surface area contributed by atoms with Gasteiger partial charge in [0.2, 0.25) is 0 Å². The van der Waals surface area contributed by atoms with Crippen LogP contribution in [0.5, 0.6) is 5.75 Å². The van der Waals surface area contributed by atoms with Crippen molar-refractivity contribution >= 4 is 10.8 Å². The zero-order valence-corrected chi connectivity index (χ0v) is 13.2. The molecular formula is C20H17N3O. The number of nitrogens with zero attached hydrogens (tertiary/aromatic N) is 3. The summed E-state index contributed by atoms with van der Waals surface area (Å²) in [6.07, 6.45) is 7.41. The molecule has 0 fully saturated rings. The lowest BCUT2D eigenvalue weighted by molar-refractivity contribution is 0.298. The molecule has 0 aliphatic heterocycles. The molecule has 0 saturated heterocycles. The van der Waals surface area contributed by atoms with Gasteiger partial charge in [0.1, 0.15) is 12.4 Å². The summed E-state index contributed by atoms with van der Waals surface area (Å²) in [7, 11) is 0. The van der Waals surface area contributed by atoms with Crippen LogP contribution in [0, 0.1) is 0 Å². The van der Waals surface area contributed by atoms with Gasteiger partial charge in [0.05, 0.1) is 18.6 Å². The van der Waals surface area contributed by atoms with E-state index in [1.165, 1.54) is 10.8 Å². The van der Waals surface area contributed by atoms with Gasteiger partial charge in [-0.1, -0.05) is 30.3 Å². The number of rotatable bonds is 5. The molecule has 0 saturated carbocycles. The lowest BCUT2D eigenvalue weighted by atomic mass is 10.1. The highest BCUT2D eigenvalue weighted by Crippen LogP contribution is 2.20. The summed E-state index contributed by atoms with van der Waals surface area (Å²) in [4.78, 5) is 8.46. The van der Waals surface area contributed by atoms with E-state index in [1.54, 1.807) is 12.4 Å². The quantitative estimate of drug-likeness (QED) is 0.555. The molecule has 0 atom stereocenters. The number of hydrogen-bond acceptors (Lipinski definition) is 3. The minimum atomic E-state index is 0.602. The summed E-state index contributed by atoms with van der Waals surface area (Å²) in [6.45, 7) is 1.36. The number of benzene rings is 2. The summed E-state index contributed by atoms with van der Waals surface area (Å²) in [5.74, 6) is 0.892. The molecule has 24 heavy (non-hydrogen) atoms. The normalized spacial score (nSPS) is 10.8. The molecule has 4 nitrogen and oxygen atoms in total. The second-order valence-corrected chi connectivity index (χ2v) is 5.59. The Morgan fingerprint density at radius 1 is 0.917 bits per heavy atom. The fourth-order valence-corrected chi connectivity index (χ4v) is 2.68. The van der Waals surface area contributed by atoms with Crippen LogP contribution in [0.2, 0.25) is 0 Å². The number of hydrogen-bond donors (Lipinski definition) is 0. The standard InChI is InChI=1S/C20H17N3O/c1-2-4-18-13-19(6-5-16(18)3-1)24-12-11-23-14-20(22-15-23)17-7-9-21-10-8-17/h1-10,13-15H,11-12H2. The molecule has 0 bridgehead atoms. The summed E-state index contributed by atoms with van der Waals surface area (Å²) in [5.41, 5.74) is 2.02. The molecule has 118 valence electrons. The maximum atomic E-state index is 5.87. The average molecular weight is 315 g/mol. The zero-order chi connectivity index (χ0) is 16.2. The average Bonchev–Trinajstić information content (AvgIpc) is 3.11. The van der Waals surface area contributed by atoms with E-state index in [9.17, 15) is 0 Å². The van der Waals surface area contributed by atoms with Gasteiger partial charge in [-0.2, -0.15) is 0 Å². The Hall–Kier alpha value is -3.14. The second-order valence-electron chi connectivity index (χ2n) is 5.59. The number of fused-ring (bicyclic) bond motifs is 1. The Kier molecular flexibility index (Phi) is 3.94. The Balaban J connectivity index is 1.39. The van der Waals surface area contributed by atoms with Crippen molar-refractivity contribution in [1.29, 1.82) is 0 Å². The van der Waals surface area contributed by atoms with E-state index in [1.807, 2.05) is 47.4 Å². The Morgan fingerprint density at radius 3 is 2.62 bits per heavy atom. The fraction of sp³-hybridized carbons (Fsp3) is 0.100. The van der Waals surface area contributed by atoms with Gasteiger partial charge in [0, 0.05) is 24.2 Å². The van der Waals surface area contributed by atoms with Crippen LogP contribution in [0.25, 0.3) is 22.0 Å². The molecule has 2 aromatic carbocycles. The predicted octanol–water partition coefficient (Wildman–Crippen LogP) is 4.18. The molecule has 0 N–H and O–H groups in total. The van der Waals surface area contributed by atoms with Crippen molar-refractivity contribution in [2.24, 2.45) is 0 Å². The van der Waals surface area contributed by atoms with Crippen molar-refractivity contribution in [1.82, 2.24) is 14.5 Å². The summed E-state index contributed by atoms with van der Waals surface area (Å²) in [5, 5.41) is 2.42. The summed E-state index contributed by atoms with van der Waals surface area (Å²) < 4.78 is 7.91. The van der Waals surface area contributed by atoms with E-state index in [-0.39, 0.29) is 0 Å². The van der Waals surface area contributed by atoms with E-state index in [0.717, 1.165) is 23.6 Å². The maximum Gasteiger partial charge on any atom is 0.120 e. The molecule has 0 aliphatic rings. The van der Waals surface area contributed by atoms with Gasteiger partial charge < -0.3 is 9.30 Å². The van der Waals surface area contributed by atoms with Gasteiger partial charge >= 0.3 is 0 Å². The van der Waals surface area contributed by atoms with Crippen LogP contribution in [0.3, 0.4) is 0 Å². The Labute approximate surface area is 140 Å². The number of aromatic nitrogens is 3.